The molecule has 0 fully saturated rings. The second-order valence-electron chi connectivity index (χ2n) is 3.94. The van der Waals surface area contributed by atoms with Gasteiger partial charge < -0.3 is 5.73 Å². The molecule has 0 saturated heterocycles. The Balaban J connectivity index is 2.27. The summed E-state index contributed by atoms with van der Waals surface area (Å²) in [4.78, 5) is 3.49. The van der Waals surface area contributed by atoms with Gasteiger partial charge in [-0.1, -0.05) is 0 Å². The molecule has 1 aromatic carbocycles. The third-order valence-corrected chi connectivity index (χ3v) is 4.59. The van der Waals surface area contributed by atoms with Crippen molar-refractivity contribution in [1.82, 2.24) is 9.71 Å². The van der Waals surface area contributed by atoms with Crippen molar-refractivity contribution >= 4 is 27.0 Å². The molecular formula is C11H12FN3O2S2. The monoisotopic (exact) mass is 301 g/mol. The molecule has 0 saturated carbocycles. The van der Waals surface area contributed by atoms with Gasteiger partial charge in [0.1, 0.15) is 10.7 Å². The zero-order valence-corrected chi connectivity index (χ0v) is 11.7. The fourth-order valence-corrected chi connectivity index (χ4v) is 3.10. The first-order valence-corrected chi connectivity index (χ1v) is 7.75. The van der Waals surface area contributed by atoms with E-state index < -0.39 is 20.7 Å². The smallest absolute Gasteiger partial charge is 0.243 e. The summed E-state index contributed by atoms with van der Waals surface area (Å²) in [7, 11) is -3.95. The first-order valence-electron chi connectivity index (χ1n) is 5.32. The Hall–Kier alpha value is -1.51. The molecule has 5 nitrogen and oxygen atoms in total. The second kappa shape index (κ2) is 5.24. The van der Waals surface area contributed by atoms with Crippen LogP contribution in [0.5, 0.6) is 0 Å². The Morgan fingerprint density at radius 1 is 1.47 bits per heavy atom. The molecule has 8 heteroatoms. The Kier molecular flexibility index (Phi) is 3.83. The Bertz CT molecular complexity index is 684. The molecule has 0 radical (unpaired) electrons. The Labute approximate surface area is 114 Å². The summed E-state index contributed by atoms with van der Waals surface area (Å²) in [5, 5.41) is 1.71. The zero-order chi connectivity index (χ0) is 14.0. The van der Waals surface area contributed by atoms with Gasteiger partial charge in [0.25, 0.3) is 0 Å². The number of benzene rings is 1. The van der Waals surface area contributed by atoms with E-state index in [2.05, 4.69) is 9.71 Å². The van der Waals surface area contributed by atoms with Gasteiger partial charge in [0.05, 0.1) is 17.7 Å². The number of anilines is 1. The first-order chi connectivity index (χ1) is 8.90. The maximum atomic E-state index is 13.7. The highest BCUT2D eigenvalue weighted by atomic mass is 32.2. The van der Waals surface area contributed by atoms with Gasteiger partial charge in [-0.25, -0.2) is 22.5 Å². The SMILES string of the molecule is Cc1cc(F)c(S(=O)(=O)NCc2cscn2)cc1N. The van der Waals surface area contributed by atoms with E-state index in [0.717, 1.165) is 12.1 Å². The Morgan fingerprint density at radius 3 is 2.84 bits per heavy atom. The van der Waals surface area contributed by atoms with Gasteiger partial charge >= 0.3 is 0 Å². The minimum absolute atomic E-state index is 0.0130. The lowest BCUT2D eigenvalue weighted by atomic mass is 10.2. The molecule has 0 spiro atoms. The molecule has 0 aliphatic heterocycles. The number of halogens is 1. The fraction of sp³-hybridized carbons (Fsp3) is 0.182. The molecule has 102 valence electrons. The number of nitrogens with one attached hydrogen (secondary N) is 1. The summed E-state index contributed by atoms with van der Waals surface area (Å²) in [6.45, 7) is 1.62. The van der Waals surface area contributed by atoms with E-state index in [9.17, 15) is 12.8 Å². The van der Waals surface area contributed by atoms with Crippen LogP contribution in [0.1, 0.15) is 11.3 Å². The van der Waals surface area contributed by atoms with Crippen LogP contribution in [0.3, 0.4) is 0 Å². The lowest BCUT2D eigenvalue weighted by Gasteiger charge is -2.09. The van der Waals surface area contributed by atoms with Crippen LogP contribution in [-0.2, 0) is 16.6 Å². The summed E-state index contributed by atoms with van der Waals surface area (Å²) in [6, 6.07) is 2.22. The molecule has 0 unspecified atom stereocenters. The van der Waals surface area contributed by atoms with Crippen molar-refractivity contribution in [3.05, 3.63) is 40.1 Å². The number of nitrogens with zero attached hydrogens (tertiary/aromatic N) is 1. The lowest BCUT2D eigenvalue weighted by molar-refractivity contribution is 0.556. The topological polar surface area (TPSA) is 85.1 Å². The molecule has 1 aromatic heterocycles. The summed E-state index contributed by atoms with van der Waals surface area (Å²) < 4.78 is 40.0. The van der Waals surface area contributed by atoms with Crippen LogP contribution in [-0.4, -0.2) is 13.4 Å². The molecule has 3 N–H and O–H groups in total. The van der Waals surface area contributed by atoms with Crippen molar-refractivity contribution in [2.75, 3.05) is 5.73 Å². The van der Waals surface area contributed by atoms with Crippen molar-refractivity contribution in [3.8, 4) is 0 Å². The van der Waals surface area contributed by atoms with E-state index in [1.54, 1.807) is 17.8 Å². The lowest BCUT2D eigenvalue weighted by Crippen LogP contribution is -2.24. The summed E-state index contributed by atoms with van der Waals surface area (Å²) >= 11 is 1.35. The van der Waals surface area contributed by atoms with Gasteiger partial charge in [-0.2, -0.15) is 0 Å². The molecular weight excluding hydrogens is 289 g/mol. The summed E-state index contributed by atoms with van der Waals surface area (Å²) in [6.07, 6.45) is 0. The molecule has 19 heavy (non-hydrogen) atoms. The highest BCUT2D eigenvalue weighted by Crippen LogP contribution is 2.21. The van der Waals surface area contributed by atoms with Gasteiger partial charge in [-0.3, -0.25) is 0 Å². The van der Waals surface area contributed by atoms with Crippen molar-refractivity contribution in [1.29, 1.82) is 0 Å². The first kappa shape index (κ1) is 13.9. The van der Waals surface area contributed by atoms with Crippen molar-refractivity contribution in [2.24, 2.45) is 0 Å². The molecule has 0 aliphatic carbocycles. The zero-order valence-electron chi connectivity index (χ0n) is 10.1. The normalized spacial score (nSPS) is 11.7. The van der Waals surface area contributed by atoms with Crippen LogP contribution in [0.2, 0.25) is 0 Å². The second-order valence-corrected chi connectivity index (χ2v) is 6.40. The number of hydrogen-bond acceptors (Lipinski definition) is 5. The molecule has 0 amide bonds. The average Bonchev–Trinajstić information content (AvgIpc) is 2.84. The minimum Gasteiger partial charge on any atom is -0.398 e. The average molecular weight is 301 g/mol. The number of rotatable bonds is 4. The van der Waals surface area contributed by atoms with Gasteiger partial charge in [-0.05, 0) is 24.6 Å². The summed E-state index contributed by atoms with van der Waals surface area (Å²) in [5.41, 5.74) is 8.50. The fourth-order valence-electron chi connectivity index (χ4n) is 1.45. The number of aromatic nitrogens is 1. The minimum atomic E-state index is -3.95. The predicted molar refractivity (Wildman–Crippen MR) is 71.7 cm³/mol. The molecule has 0 aliphatic rings. The van der Waals surface area contributed by atoms with Crippen molar-refractivity contribution < 1.29 is 12.8 Å². The van der Waals surface area contributed by atoms with Gasteiger partial charge in [0.15, 0.2) is 0 Å². The Morgan fingerprint density at radius 2 is 2.21 bits per heavy atom. The van der Waals surface area contributed by atoms with Crippen LogP contribution < -0.4 is 10.5 Å². The highest BCUT2D eigenvalue weighted by Gasteiger charge is 2.20. The van der Waals surface area contributed by atoms with Gasteiger partial charge in [0, 0.05) is 11.1 Å². The largest absolute Gasteiger partial charge is 0.398 e. The quantitative estimate of drug-likeness (QED) is 0.841. The molecule has 2 rings (SSSR count). The number of thiazole rings is 1. The third-order valence-electron chi connectivity index (χ3n) is 2.54. The van der Waals surface area contributed by atoms with E-state index in [1.165, 1.54) is 11.3 Å². The van der Waals surface area contributed by atoms with E-state index in [0.29, 0.717) is 11.3 Å². The molecule has 2 aromatic rings. The van der Waals surface area contributed by atoms with Crippen LogP contribution in [0.4, 0.5) is 10.1 Å². The number of sulfonamides is 1. The van der Waals surface area contributed by atoms with Gasteiger partial charge in [0.2, 0.25) is 10.0 Å². The molecule has 0 bridgehead atoms. The van der Waals surface area contributed by atoms with Crippen LogP contribution in [0, 0.1) is 12.7 Å². The molecule has 1 heterocycles. The predicted octanol–water partition coefficient (Wildman–Crippen LogP) is 1.65. The number of nitrogen functional groups attached to an aromatic ring is 1. The van der Waals surface area contributed by atoms with Gasteiger partial charge in [-0.15, -0.1) is 11.3 Å². The maximum absolute atomic E-state index is 13.7. The highest BCUT2D eigenvalue weighted by molar-refractivity contribution is 7.89. The van der Waals surface area contributed by atoms with Crippen LogP contribution >= 0.6 is 11.3 Å². The third kappa shape index (κ3) is 3.09. The number of hydrogen-bond donors (Lipinski definition) is 2. The van der Waals surface area contributed by atoms with E-state index in [1.807, 2.05) is 0 Å². The van der Waals surface area contributed by atoms with E-state index >= 15 is 0 Å². The van der Waals surface area contributed by atoms with Crippen molar-refractivity contribution in [2.45, 2.75) is 18.4 Å². The summed E-state index contributed by atoms with van der Waals surface area (Å²) in [5.74, 6) is -0.822. The maximum Gasteiger partial charge on any atom is 0.243 e. The standard InChI is InChI=1S/C11H12FN3O2S2/c1-7-2-9(12)11(3-10(7)13)19(16,17)15-4-8-5-18-6-14-8/h2-3,5-6,15H,4,13H2,1H3. The number of aryl methyl sites for hydroxylation is 1. The van der Waals surface area contributed by atoms with Crippen molar-refractivity contribution in [3.63, 3.8) is 0 Å². The van der Waals surface area contributed by atoms with Crippen LogP contribution in [0.25, 0.3) is 0 Å². The number of nitrogens with two attached hydrogens (primary N) is 1. The van der Waals surface area contributed by atoms with E-state index in [-0.39, 0.29) is 12.2 Å². The van der Waals surface area contributed by atoms with E-state index in [4.69, 9.17) is 5.73 Å². The van der Waals surface area contributed by atoms with Crippen LogP contribution in [0.15, 0.2) is 27.9 Å². The molecule has 0 atom stereocenters.